The van der Waals surface area contributed by atoms with Crippen LogP contribution >= 0.6 is 11.3 Å². The fourth-order valence-corrected chi connectivity index (χ4v) is 6.30. The Balaban J connectivity index is 1.44. The lowest BCUT2D eigenvalue weighted by molar-refractivity contribution is -0.394. The number of nitro benzene ring substituents is 2. The van der Waals surface area contributed by atoms with Crippen LogP contribution in [0.3, 0.4) is 0 Å². The summed E-state index contributed by atoms with van der Waals surface area (Å²) < 4.78 is 18.3. The second-order valence-electron chi connectivity index (χ2n) is 10.5. The smallest absolute Gasteiger partial charge is 0.338 e. The Bertz CT molecular complexity index is 2300. The Hall–Kier alpha value is -6.41. The zero-order chi connectivity index (χ0) is 34.7. The van der Waals surface area contributed by atoms with Gasteiger partial charge in [-0.05, 0) is 54.5 Å². The fraction of sp³-hybridized carbons (Fsp3) is 0.114. The van der Waals surface area contributed by atoms with Crippen LogP contribution in [0.4, 0.5) is 11.4 Å². The molecule has 1 atom stereocenters. The first kappa shape index (κ1) is 32.5. The highest BCUT2D eigenvalue weighted by Crippen LogP contribution is 2.36. The number of carbonyl (C=O) groups is 1. The number of carbonyl (C=O) groups excluding carboxylic acids is 1. The number of rotatable bonds is 10. The molecule has 14 heteroatoms. The summed E-state index contributed by atoms with van der Waals surface area (Å²) in [6.45, 7) is 1.84. The number of thiazole rings is 1. The molecule has 1 aliphatic heterocycles. The maximum absolute atomic E-state index is 14.1. The van der Waals surface area contributed by atoms with Gasteiger partial charge in [-0.25, -0.2) is 9.79 Å². The van der Waals surface area contributed by atoms with E-state index < -0.39 is 33.2 Å². The van der Waals surface area contributed by atoms with E-state index in [9.17, 15) is 29.8 Å². The molecule has 0 aliphatic carbocycles. The average Bonchev–Trinajstić information content (AvgIpc) is 3.42. The van der Waals surface area contributed by atoms with Crippen LogP contribution in [-0.2, 0) is 9.53 Å². The van der Waals surface area contributed by atoms with Gasteiger partial charge in [0.2, 0.25) is 5.75 Å². The van der Waals surface area contributed by atoms with Gasteiger partial charge in [0.25, 0.3) is 11.2 Å². The standard InChI is InChI=1S/C35H26N4O9S/c1-3-47-34(41)30-31(22-7-5-4-6-8-22)36-35-37(32(30)23-11-16-25(46-2)17-12-23)33(40)29(49-35)19-21-9-14-26(15-10-21)48-28-18-13-24(38(42)43)20-27(28)39(44)45/h4-20,32H,3H2,1-2H3/b29-19-/t32-/m0/s1. The minimum absolute atomic E-state index is 0.126. The molecule has 4 aromatic carbocycles. The molecule has 0 radical (unpaired) electrons. The highest BCUT2D eigenvalue weighted by molar-refractivity contribution is 7.07. The third-order valence-corrected chi connectivity index (χ3v) is 8.54. The molecule has 0 saturated heterocycles. The third kappa shape index (κ3) is 6.57. The monoisotopic (exact) mass is 678 g/mol. The summed E-state index contributed by atoms with van der Waals surface area (Å²) in [5, 5.41) is 22.6. The Morgan fingerprint density at radius 3 is 2.27 bits per heavy atom. The molecule has 1 aliphatic rings. The van der Waals surface area contributed by atoms with Gasteiger partial charge in [0.1, 0.15) is 11.5 Å². The lowest BCUT2D eigenvalue weighted by Crippen LogP contribution is -2.40. The largest absolute Gasteiger partial charge is 0.497 e. The summed E-state index contributed by atoms with van der Waals surface area (Å²) in [7, 11) is 1.55. The van der Waals surface area contributed by atoms with Crippen LogP contribution in [0.15, 0.2) is 112 Å². The van der Waals surface area contributed by atoms with E-state index in [-0.39, 0.29) is 29.2 Å². The van der Waals surface area contributed by atoms with Crippen LogP contribution in [0.5, 0.6) is 17.2 Å². The van der Waals surface area contributed by atoms with E-state index in [1.807, 2.05) is 30.3 Å². The zero-order valence-corrected chi connectivity index (χ0v) is 26.8. The van der Waals surface area contributed by atoms with E-state index >= 15 is 0 Å². The average molecular weight is 679 g/mol. The third-order valence-electron chi connectivity index (χ3n) is 7.56. The van der Waals surface area contributed by atoms with E-state index in [4.69, 9.17) is 19.2 Å². The molecule has 49 heavy (non-hydrogen) atoms. The molecule has 0 unspecified atom stereocenters. The molecule has 0 fully saturated rings. The summed E-state index contributed by atoms with van der Waals surface area (Å²) in [6.07, 6.45) is 1.67. The number of fused-ring (bicyclic) bond motifs is 1. The van der Waals surface area contributed by atoms with Gasteiger partial charge in [0.05, 0.1) is 51.5 Å². The number of non-ortho nitro benzene ring substituents is 1. The van der Waals surface area contributed by atoms with E-state index in [1.54, 1.807) is 68.6 Å². The number of esters is 1. The predicted octanol–water partition coefficient (Wildman–Crippen LogP) is 5.55. The van der Waals surface area contributed by atoms with Crippen molar-refractivity contribution in [1.82, 2.24) is 4.57 Å². The predicted molar refractivity (Wildman–Crippen MR) is 180 cm³/mol. The molecule has 0 saturated carbocycles. The Morgan fingerprint density at radius 1 is 0.939 bits per heavy atom. The number of hydrogen-bond acceptors (Lipinski definition) is 11. The summed E-state index contributed by atoms with van der Waals surface area (Å²) in [5.74, 6) is 0.0872. The zero-order valence-electron chi connectivity index (χ0n) is 26.0. The first-order chi connectivity index (χ1) is 23.7. The van der Waals surface area contributed by atoms with Gasteiger partial charge >= 0.3 is 11.7 Å². The second-order valence-corrected chi connectivity index (χ2v) is 11.6. The Labute approximate surface area is 281 Å². The summed E-state index contributed by atoms with van der Waals surface area (Å²) in [5.41, 5.74) is 1.21. The Morgan fingerprint density at radius 2 is 1.63 bits per heavy atom. The summed E-state index contributed by atoms with van der Waals surface area (Å²) >= 11 is 1.16. The maximum Gasteiger partial charge on any atom is 0.338 e. The number of methoxy groups -OCH3 is 1. The molecule has 2 heterocycles. The lowest BCUT2D eigenvalue weighted by atomic mass is 9.93. The highest BCUT2D eigenvalue weighted by atomic mass is 32.1. The van der Waals surface area contributed by atoms with E-state index in [0.29, 0.717) is 37.5 Å². The number of benzene rings is 4. The van der Waals surface area contributed by atoms with Crippen LogP contribution in [0.2, 0.25) is 0 Å². The number of hydrogen-bond donors (Lipinski definition) is 0. The summed E-state index contributed by atoms with van der Waals surface area (Å²) in [6, 6.07) is 25.0. The lowest BCUT2D eigenvalue weighted by Gasteiger charge is -2.26. The van der Waals surface area contributed by atoms with Crippen molar-refractivity contribution in [1.29, 1.82) is 0 Å². The van der Waals surface area contributed by atoms with Crippen LogP contribution in [0.1, 0.15) is 29.7 Å². The first-order valence-corrected chi connectivity index (χ1v) is 15.6. The van der Waals surface area contributed by atoms with E-state index in [0.717, 1.165) is 23.5 Å². The number of nitro groups is 2. The molecule has 5 aromatic rings. The highest BCUT2D eigenvalue weighted by Gasteiger charge is 2.35. The molecular weight excluding hydrogens is 652 g/mol. The molecule has 0 bridgehead atoms. The fourth-order valence-electron chi connectivity index (χ4n) is 5.30. The van der Waals surface area contributed by atoms with Gasteiger partial charge in [-0.3, -0.25) is 29.6 Å². The molecule has 13 nitrogen and oxygen atoms in total. The van der Waals surface area contributed by atoms with Crippen LogP contribution < -0.4 is 24.4 Å². The van der Waals surface area contributed by atoms with Crippen molar-refractivity contribution in [2.24, 2.45) is 4.99 Å². The normalized spacial score (nSPS) is 14.1. The van der Waals surface area contributed by atoms with Crippen molar-refractivity contribution in [2.75, 3.05) is 13.7 Å². The molecule has 1 aromatic heterocycles. The molecule has 0 amide bonds. The quantitative estimate of drug-likeness (QED) is 0.105. The number of aromatic nitrogens is 1. The Kier molecular flexibility index (Phi) is 9.13. The summed E-state index contributed by atoms with van der Waals surface area (Å²) in [4.78, 5) is 54.1. The number of nitrogens with zero attached hydrogens (tertiary/aromatic N) is 4. The van der Waals surface area contributed by atoms with E-state index in [1.165, 1.54) is 10.6 Å². The number of ether oxygens (including phenoxy) is 3. The SMILES string of the molecule is CCOC(=O)C1=C(c2ccccc2)N=c2s/c(=C\c3ccc(Oc4ccc([N+](=O)[O-])cc4[N+](=O)[O-])cc3)c(=O)n2[C@H]1c1ccc(OC)cc1. The molecule has 0 N–H and O–H groups in total. The van der Waals surface area contributed by atoms with Gasteiger partial charge in [0, 0.05) is 11.6 Å². The van der Waals surface area contributed by atoms with Crippen molar-refractivity contribution in [3.63, 3.8) is 0 Å². The minimum atomic E-state index is -0.855. The van der Waals surface area contributed by atoms with Crippen molar-refractivity contribution in [2.45, 2.75) is 13.0 Å². The van der Waals surface area contributed by atoms with Gasteiger partial charge in [-0.2, -0.15) is 0 Å². The van der Waals surface area contributed by atoms with Crippen molar-refractivity contribution in [3.05, 3.63) is 159 Å². The van der Waals surface area contributed by atoms with Crippen molar-refractivity contribution < 1.29 is 28.9 Å². The first-order valence-electron chi connectivity index (χ1n) is 14.8. The van der Waals surface area contributed by atoms with E-state index in [2.05, 4.69) is 0 Å². The van der Waals surface area contributed by atoms with Gasteiger partial charge < -0.3 is 14.2 Å². The van der Waals surface area contributed by atoms with Gasteiger partial charge in [-0.1, -0.05) is 65.9 Å². The molecule has 6 rings (SSSR count). The van der Waals surface area contributed by atoms with Crippen LogP contribution in [-0.4, -0.2) is 34.1 Å². The van der Waals surface area contributed by atoms with Crippen LogP contribution in [0.25, 0.3) is 11.8 Å². The topological polar surface area (TPSA) is 165 Å². The molecular formula is C35H26N4O9S. The second kappa shape index (κ2) is 13.8. The van der Waals surface area contributed by atoms with Gasteiger partial charge in [-0.15, -0.1) is 0 Å². The van der Waals surface area contributed by atoms with Crippen molar-refractivity contribution >= 4 is 40.5 Å². The minimum Gasteiger partial charge on any atom is -0.497 e. The molecule has 246 valence electrons. The maximum atomic E-state index is 14.1. The molecule has 0 spiro atoms. The van der Waals surface area contributed by atoms with Crippen LogP contribution in [0, 0.1) is 20.2 Å². The van der Waals surface area contributed by atoms with Gasteiger partial charge in [0.15, 0.2) is 4.80 Å². The van der Waals surface area contributed by atoms with Crippen molar-refractivity contribution in [3.8, 4) is 17.2 Å².